The summed E-state index contributed by atoms with van der Waals surface area (Å²) in [5, 5.41) is 14.4. The minimum absolute atomic E-state index is 0.0338. The van der Waals surface area contributed by atoms with Crippen molar-refractivity contribution in [1.82, 2.24) is 19.7 Å². The molecule has 1 aliphatic rings. The Morgan fingerprint density at radius 2 is 2.00 bits per heavy atom. The van der Waals surface area contributed by atoms with Crippen LogP contribution in [0.4, 0.5) is 8.78 Å². The van der Waals surface area contributed by atoms with Crippen molar-refractivity contribution in [2.45, 2.75) is 13.0 Å². The molecule has 37 heavy (non-hydrogen) atoms. The van der Waals surface area contributed by atoms with Crippen LogP contribution >= 0.6 is 0 Å². The molecule has 1 N–H and O–H groups in total. The van der Waals surface area contributed by atoms with Gasteiger partial charge in [0.05, 0.1) is 24.6 Å². The summed E-state index contributed by atoms with van der Waals surface area (Å²) in [6.07, 6.45) is 3.75. The van der Waals surface area contributed by atoms with E-state index in [0.717, 1.165) is 5.56 Å². The van der Waals surface area contributed by atoms with E-state index in [9.17, 15) is 18.7 Å². The van der Waals surface area contributed by atoms with E-state index < -0.39 is 17.5 Å². The number of amides is 1. The number of rotatable bonds is 5. The van der Waals surface area contributed by atoms with Gasteiger partial charge in [0.15, 0.2) is 11.6 Å². The van der Waals surface area contributed by atoms with E-state index in [1.807, 2.05) is 0 Å². The number of aryl methyl sites for hydroxylation is 1. The first kappa shape index (κ1) is 24.0. The molecule has 2 aromatic carbocycles. The Labute approximate surface area is 212 Å². The Morgan fingerprint density at radius 3 is 2.73 bits per heavy atom. The first-order chi connectivity index (χ1) is 17.9. The van der Waals surface area contributed by atoms with Gasteiger partial charge in [0.25, 0.3) is 5.91 Å². The second kappa shape index (κ2) is 9.74. The predicted molar refractivity (Wildman–Crippen MR) is 133 cm³/mol. The molecular formula is C28H22F2N4O3. The van der Waals surface area contributed by atoms with Crippen molar-refractivity contribution in [1.29, 1.82) is 0 Å². The summed E-state index contributed by atoms with van der Waals surface area (Å²) >= 11 is 0. The molecule has 0 aliphatic carbocycles. The molecule has 7 nitrogen and oxygen atoms in total. The standard InChI is InChI=1S/C28H22F2N4O3/c1-33-15-19(14-31-33)22-9-10-23(35)27(32-22)20-8-6-17(13-21(20)29)5-3-4-12-34-16-18-7-11-24(37-2)26(30)25(18)28(34)36/h6-11,13-15,35H,4,12,16H2,1-2H3. The minimum Gasteiger partial charge on any atom is -0.506 e. The summed E-state index contributed by atoms with van der Waals surface area (Å²) < 4.78 is 36.0. The molecule has 0 atom stereocenters. The quantitative estimate of drug-likeness (QED) is 0.407. The van der Waals surface area contributed by atoms with E-state index in [-0.39, 0.29) is 28.3 Å². The van der Waals surface area contributed by atoms with Crippen molar-refractivity contribution in [3.63, 3.8) is 0 Å². The lowest BCUT2D eigenvalue weighted by atomic mass is 10.1. The Bertz CT molecular complexity index is 1590. The summed E-state index contributed by atoms with van der Waals surface area (Å²) in [4.78, 5) is 18.6. The van der Waals surface area contributed by atoms with Crippen LogP contribution in [0.3, 0.4) is 0 Å². The number of aromatic nitrogens is 3. The summed E-state index contributed by atoms with van der Waals surface area (Å²) in [5.41, 5.74) is 2.65. The molecule has 0 bridgehead atoms. The highest BCUT2D eigenvalue weighted by molar-refractivity contribution is 5.99. The summed E-state index contributed by atoms with van der Waals surface area (Å²) in [7, 11) is 3.13. The molecule has 0 unspecified atom stereocenters. The summed E-state index contributed by atoms with van der Waals surface area (Å²) in [5.74, 6) is 4.10. The van der Waals surface area contributed by atoms with Gasteiger partial charge in [-0.2, -0.15) is 5.10 Å². The molecule has 9 heteroatoms. The van der Waals surface area contributed by atoms with Gasteiger partial charge in [-0.1, -0.05) is 17.9 Å². The van der Waals surface area contributed by atoms with Crippen LogP contribution in [0.25, 0.3) is 22.5 Å². The third-order valence-electron chi connectivity index (χ3n) is 6.11. The number of halogens is 2. The van der Waals surface area contributed by atoms with Crippen LogP contribution in [0.15, 0.2) is 54.9 Å². The lowest BCUT2D eigenvalue weighted by molar-refractivity contribution is 0.0778. The average Bonchev–Trinajstić information content (AvgIpc) is 3.46. The fourth-order valence-electron chi connectivity index (χ4n) is 4.24. The molecule has 1 aliphatic heterocycles. The van der Waals surface area contributed by atoms with Gasteiger partial charge in [0.2, 0.25) is 0 Å². The first-order valence-corrected chi connectivity index (χ1v) is 11.5. The molecule has 5 rings (SSSR count). The highest BCUT2D eigenvalue weighted by atomic mass is 19.1. The Kier molecular flexibility index (Phi) is 6.32. The lowest BCUT2D eigenvalue weighted by Crippen LogP contribution is -2.25. The van der Waals surface area contributed by atoms with Crippen LogP contribution < -0.4 is 4.74 Å². The largest absolute Gasteiger partial charge is 0.506 e. The van der Waals surface area contributed by atoms with E-state index in [1.54, 1.807) is 42.3 Å². The maximum Gasteiger partial charge on any atom is 0.257 e. The molecule has 0 saturated heterocycles. The van der Waals surface area contributed by atoms with Gasteiger partial charge in [-0.25, -0.2) is 13.8 Å². The third-order valence-corrected chi connectivity index (χ3v) is 6.11. The van der Waals surface area contributed by atoms with Crippen LogP contribution in [0, 0.1) is 23.5 Å². The number of carbonyl (C=O) groups excluding carboxylic acids is 1. The van der Waals surface area contributed by atoms with Crippen LogP contribution in [0.5, 0.6) is 11.5 Å². The second-order valence-electron chi connectivity index (χ2n) is 8.56. The number of pyridine rings is 1. The van der Waals surface area contributed by atoms with Crippen molar-refractivity contribution >= 4 is 5.91 Å². The van der Waals surface area contributed by atoms with Gasteiger partial charge in [0, 0.05) is 49.4 Å². The highest BCUT2D eigenvalue weighted by Gasteiger charge is 2.31. The van der Waals surface area contributed by atoms with Crippen molar-refractivity contribution in [3.05, 3.63) is 83.2 Å². The minimum atomic E-state index is -0.652. The second-order valence-corrected chi connectivity index (χ2v) is 8.56. The number of benzene rings is 2. The zero-order valence-corrected chi connectivity index (χ0v) is 20.1. The normalized spacial score (nSPS) is 12.3. The molecule has 2 aromatic heterocycles. The SMILES string of the molecule is COc1ccc2c(c1F)C(=O)N(CCC#Cc1ccc(-c3nc(-c4cnn(C)c4)ccc3O)c(F)c1)C2. The van der Waals surface area contributed by atoms with Gasteiger partial charge in [-0.3, -0.25) is 9.48 Å². The van der Waals surface area contributed by atoms with Gasteiger partial charge in [0.1, 0.15) is 17.3 Å². The Morgan fingerprint density at radius 1 is 1.16 bits per heavy atom. The molecule has 4 aromatic rings. The third kappa shape index (κ3) is 4.61. The van der Waals surface area contributed by atoms with E-state index >= 15 is 0 Å². The van der Waals surface area contributed by atoms with Crippen LogP contribution in [-0.2, 0) is 13.6 Å². The molecule has 3 heterocycles. The van der Waals surface area contributed by atoms with Crippen molar-refractivity contribution in [2.75, 3.05) is 13.7 Å². The summed E-state index contributed by atoms with van der Waals surface area (Å²) in [6, 6.07) is 10.7. The molecule has 0 spiro atoms. The van der Waals surface area contributed by atoms with Crippen LogP contribution in [0.2, 0.25) is 0 Å². The summed E-state index contributed by atoms with van der Waals surface area (Å²) in [6.45, 7) is 0.608. The predicted octanol–water partition coefficient (Wildman–Crippen LogP) is 4.54. The molecular weight excluding hydrogens is 478 g/mol. The fourth-order valence-corrected chi connectivity index (χ4v) is 4.24. The number of methoxy groups -OCH3 is 1. The highest BCUT2D eigenvalue weighted by Crippen LogP contribution is 2.33. The van der Waals surface area contributed by atoms with Gasteiger partial charge >= 0.3 is 0 Å². The lowest BCUT2D eigenvalue weighted by Gasteiger charge is -2.13. The number of ether oxygens (including phenoxy) is 1. The molecule has 0 saturated carbocycles. The van der Waals surface area contributed by atoms with Crippen LogP contribution in [-0.4, -0.2) is 44.3 Å². The molecule has 1 amide bonds. The Balaban J connectivity index is 1.28. The van der Waals surface area contributed by atoms with Gasteiger partial charge < -0.3 is 14.7 Å². The maximum atomic E-state index is 15.0. The monoisotopic (exact) mass is 500 g/mol. The Hall–Kier alpha value is -4.71. The number of fused-ring (bicyclic) bond motifs is 1. The number of aromatic hydroxyl groups is 1. The van der Waals surface area contributed by atoms with Crippen LogP contribution in [0.1, 0.15) is 27.9 Å². The number of hydrogen-bond acceptors (Lipinski definition) is 5. The fraction of sp³-hybridized carbons (Fsp3) is 0.179. The van der Waals surface area contributed by atoms with Crippen molar-refractivity contribution in [3.8, 4) is 45.9 Å². The average molecular weight is 501 g/mol. The number of nitrogens with zero attached hydrogens (tertiary/aromatic N) is 4. The van der Waals surface area contributed by atoms with E-state index in [4.69, 9.17) is 4.74 Å². The zero-order chi connectivity index (χ0) is 26.1. The number of carbonyl (C=O) groups is 1. The molecule has 186 valence electrons. The zero-order valence-electron chi connectivity index (χ0n) is 20.1. The van der Waals surface area contributed by atoms with Gasteiger partial charge in [-0.05, 0) is 42.0 Å². The van der Waals surface area contributed by atoms with Crippen molar-refractivity contribution in [2.24, 2.45) is 7.05 Å². The van der Waals surface area contributed by atoms with E-state index in [0.29, 0.717) is 36.3 Å². The first-order valence-electron chi connectivity index (χ1n) is 11.5. The van der Waals surface area contributed by atoms with Crippen molar-refractivity contribution < 1.29 is 23.4 Å². The topological polar surface area (TPSA) is 80.5 Å². The molecule has 0 fully saturated rings. The molecule has 0 radical (unpaired) electrons. The smallest absolute Gasteiger partial charge is 0.257 e. The van der Waals surface area contributed by atoms with E-state index in [2.05, 4.69) is 21.9 Å². The maximum absolute atomic E-state index is 15.0. The van der Waals surface area contributed by atoms with E-state index in [1.165, 1.54) is 36.3 Å². The van der Waals surface area contributed by atoms with Gasteiger partial charge in [-0.15, -0.1) is 0 Å². The number of hydrogen-bond donors (Lipinski definition) is 1.